The fraction of sp³-hybridized carbons (Fsp3) is 0.231. The van der Waals surface area contributed by atoms with Gasteiger partial charge in [-0.25, -0.2) is 14.4 Å². The summed E-state index contributed by atoms with van der Waals surface area (Å²) in [6, 6.07) is 12.3. The highest BCUT2D eigenvalue weighted by atomic mass is 19.1. The number of rotatable bonds is 3. The van der Waals surface area contributed by atoms with Crippen LogP contribution in [0.3, 0.4) is 0 Å². The average molecular weight is 474 g/mol. The first-order valence-corrected chi connectivity index (χ1v) is 11.0. The predicted molar refractivity (Wildman–Crippen MR) is 127 cm³/mol. The van der Waals surface area contributed by atoms with Crippen molar-refractivity contribution in [2.75, 3.05) is 13.6 Å². The van der Waals surface area contributed by atoms with Crippen LogP contribution >= 0.6 is 0 Å². The van der Waals surface area contributed by atoms with Crippen LogP contribution < -0.4 is 0 Å². The minimum atomic E-state index is -0.284. The molecule has 3 heterocycles. The van der Waals surface area contributed by atoms with Gasteiger partial charge in [-0.2, -0.15) is 9.59 Å². The maximum atomic E-state index is 13.4. The summed E-state index contributed by atoms with van der Waals surface area (Å²) >= 11 is 0. The van der Waals surface area contributed by atoms with Gasteiger partial charge in [0.1, 0.15) is 11.5 Å². The van der Waals surface area contributed by atoms with Gasteiger partial charge < -0.3 is 9.47 Å². The molecular weight excluding hydrogens is 449 g/mol. The van der Waals surface area contributed by atoms with Crippen molar-refractivity contribution in [1.29, 1.82) is 0 Å². The highest BCUT2D eigenvalue weighted by molar-refractivity contribution is 6.14. The lowest BCUT2D eigenvalue weighted by molar-refractivity contribution is -0.191. The predicted octanol–water partition coefficient (Wildman–Crippen LogP) is 3.66. The molecule has 0 radical (unpaired) electrons. The molecule has 1 aromatic heterocycles. The third-order valence-electron chi connectivity index (χ3n) is 6.03. The van der Waals surface area contributed by atoms with Gasteiger partial charge in [-0.3, -0.25) is 9.69 Å². The fourth-order valence-corrected chi connectivity index (χ4v) is 4.38. The second-order valence-electron chi connectivity index (χ2n) is 8.45. The minimum Gasteiger partial charge on any atom is -0.345 e. The molecule has 0 saturated carbocycles. The molecule has 1 amide bonds. The Morgan fingerprint density at radius 3 is 2.46 bits per heavy atom. The number of aromatic nitrogens is 2. The first kappa shape index (κ1) is 23.8. The SMILES string of the molecule is Cc1cn(-c2ccc(/C=C3\N=C4N(C)CC[C@@H](c5ccc(F)cc5)N4C3=O)cc2C)cn1.O=C=O. The summed E-state index contributed by atoms with van der Waals surface area (Å²) in [6.45, 7) is 4.77. The molecule has 35 heavy (non-hydrogen) atoms. The van der Waals surface area contributed by atoms with Crippen molar-refractivity contribution in [2.24, 2.45) is 4.99 Å². The maximum absolute atomic E-state index is 13.4. The second-order valence-corrected chi connectivity index (χ2v) is 8.45. The Morgan fingerprint density at radius 1 is 1.11 bits per heavy atom. The van der Waals surface area contributed by atoms with Gasteiger partial charge in [-0.05, 0) is 67.3 Å². The molecule has 0 aliphatic carbocycles. The van der Waals surface area contributed by atoms with Gasteiger partial charge in [-0.15, -0.1) is 0 Å². The van der Waals surface area contributed by atoms with Gasteiger partial charge in [0.25, 0.3) is 5.91 Å². The van der Waals surface area contributed by atoms with Crippen LogP contribution in [0.1, 0.15) is 34.8 Å². The summed E-state index contributed by atoms with van der Waals surface area (Å²) in [5.41, 5.74) is 5.32. The Kier molecular flexibility index (Phi) is 6.71. The number of amides is 1. The molecule has 1 atom stereocenters. The number of carbonyl (C=O) groups excluding carboxylic acids is 3. The summed E-state index contributed by atoms with van der Waals surface area (Å²) in [5, 5.41) is 0. The number of carbonyl (C=O) groups is 1. The zero-order chi connectivity index (χ0) is 25.1. The maximum Gasteiger partial charge on any atom is 0.373 e. The number of aryl methyl sites for hydroxylation is 2. The first-order valence-electron chi connectivity index (χ1n) is 11.0. The van der Waals surface area contributed by atoms with Crippen LogP contribution in [0.25, 0.3) is 11.8 Å². The van der Waals surface area contributed by atoms with Gasteiger partial charge in [0.2, 0.25) is 5.96 Å². The van der Waals surface area contributed by atoms with Crippen LogP contribution in [0.15, 0.2) is 65.7 Å². The Bertz CT molecular complexity index is 1350. The van der Waals surface area contributed by atoms with Crippen LogP contribution in [-0.4, -0.2) is 51.0 Å². The van der Waals surface area contributed by atoms with Crippen LogP contribution in [0.2, 0.25) is 0 Å². The highest BCUT2D eigenvalue weighted by Crippen LogP contribution is 2.35. The molecular formula is C26H24FN5O3. The molecule has 5 rings (SSSR count). The van der Waals surface area contributed by atoms with Crippen LogP contribution in [0.4, 0.5) is 4.39 Å². The fourth-order valence-electron chi connectivity index (χ4n) is 4.38. The summed E-state index contributed by atoms with van der Waals surface area (Å²) in [6.07, 6.45) is 6.62. The van der Waals surface area contributed by atoms with Crippen molar-refractivity contribution in [3.8, 4) is 5.69 Å². The van der Waals surface area contributed by atoms with E-state index in [0.29, 0.717) is 11.7 Å². The number of imidazole rings is 1. The summed E-state index contributed by atoms with van der Waals surface area (Å²) in [5.74, 6) is 0.227. The molecule has 8 nitrogen and oxygen atoms in total. The Hall–Kier alpha value is -4.36. The lowest BCUT2D eigenvalue weighted by Crippen LogP contribution is -2.49. The molecule has 1 fully saturated rings. The molecule has 0 N–H and O–H groups in total. The number of hydrogen-bond acceptors (Lipinski definition) is 6. The van der Waals surface area contributed by atoms with Gasteiger partial charge in [0.15, 0.2) is 0 Å². The van der Waals surface area contributed by atoms with E-state index < -0.39 is 0 Å². The van der Waals surface area contributed by atoms with Crippen molar-refractivity contribution in [3.63, 3.8) is 0 Å². The monoisotopic (exact) mass is 473 g/mol. The van der Waals surface area contributed by atoms with Crippen molar-refractivity contribution < 1.29 is 18.8 Å². The van der Waals surface area contributed by atoms with Crippen molar-refractivity contribution >= 4 is 24.1 Å². The third-order valence-corrected chi connectivity index (χ3v) is 6.03. The second kappa shape index (κ2) is 9.87. The summed E-state index contributed by atoms with van der Waals surface area (Å²) in [7, 11) is 1.94. The van der Waals surface area contributed by atoms with Gasteiger partial charge in [0.05, 0.1) is 18.1 Å². The molecule has 2 aliphatic rings. The van der Waals surface area contributed by atoms with E-state index in [-0.39, 0.29) is 23.9 Å². The topological polar surface area (TPSA) is 87.9 Å². The number of guanidine groups is 1. The zero-order valence-electron chi connectivity index (χ0n) is 19.6. The molecule has 0 spiro atoms. The Morgan fingerprint density at radius 2 is 1.83 bits per heavy atom. The van der Waals surface area contributed by atoms with E-state index in [0.717, 1.165) is 41.0 Å². The molecule has 178 valence electrons. The number of fused-ring (bicyclic) bond motifs is 1. The van der Waals surface area contributed by atoms with Crippen LogP contribution in [0, 0.1) is 19.7 Å². The third kappa shape index (κ3) is 4.81. The standard InChI is InChI=1S/C25H24FN5O.CO2/c1-16-12-18(4-9-22(16)30-14-17(2)27-15-30)13-21-24(32)31-23(10-11-29(3)25(31)28-21)19-5-7-20(26)8-6-19;2-1-3/h4-9,12-15,23H,10-11H2,1-3H3;/b21-13-;/t23-;/m0./s1. The largest absolute Gasteiger partial charge is 0.373 e. The molecule has 2 aromatic carbocycles. The first-order chi connectivity index (χ1) is 16.8. The molecule has 9 heteroatoms. The van der Waals surface area contributed by atoms with E-state index in [9.17, 15) is 9.18 Å². The highest BCUT2D eigenvalue weighted by Gasteiger charge is 2.41. The minimum absolute atomic E-state index is 0.132. The van der Waals surface area contributed by atoms with Gasteiger partial charge in [0, 0.05) is 25.5 Å². The normalized spacial score (nSPS) is 18.1. The van der Waals surface area contributed by atoms with Crippen molar-refractivity contribution in [3.05, 3.63) is 88.9 Å². The zero-order valence-corrected chi connectivity index (χ0v) is 19.6. The smallest absolute Gasteiger partial charge is 0.345 e. The average Bonchev–Trinajstić information content (AvgIpc) is 3.40. The Labute approximate surface area is 202 Å². The molecule has 2 aliphatic heterocycles. The lowest BCUT2D eigenvalue weighted by atomic mass is 10.00. The number of hydrogen-bond donors (Lipinski definition) is 0. The Balaban J connectivity index is 0.000000917. The summed E-state index contributed by atoms with van der Waals surface area (Å²) < 4.78 is 15.4. The number of halogens is 1. The molecule has 0 unspecified atom stereocenters. The van der Waals surface area contributed by atoms with E-state index in [1.165, 1.54) is 12.1 Å². The summed E-state index contributed by atoms with van der Waals surface area (Å²) in [4.78, 5) is 42.3. The quantitative estimate of drug-likeness (QED) is 0.542. The van der Waals surface area contributed by atoms with Crippen molar-refractivity contribution in [2.45, 2.75) is 26.3 Å². The van der Waals surface area contributed by atoms with E-state index in [1.807, 2.05) is 60.8 Å². The van der Waals surface area contributed by atoms with E-state index in [2.05, 4.69) is 9.98 Å². The van der Waals surface area contributed by atoms with E-state index in [4.69, 9.17) is 9.59 Å². The van der Waals surface area contributed by atoms with Crippen molar-refractivity contribution in [1.82, 2.24) is 19.4 Å². The molecule has 3 aromatic rings. The number of benzene rings is 2. The number of aliphatic imine (C=N–C) groups is 1. The molecule has 1 saturated heterocycles. The van der Waals surface area contributed by atoms with Crippen LogP contribution in [-0.2, 0) is 14.4 Å². The van der Waals surface area contributed by atoms with Crippen LogP contribution in [0.5, 0.6) is 0 Å². The van der Waals surface area contributed by atoms with E-state index >= 15 is 0 Å². The number of nitrogens with zero attached hydrogens (tertiary/aromatic N) is 5. The van der Waals surface area contributed by atoms with Gasteiger partial charge >= 0.3 is 6.15 Å². The van der Waals surface area contributed by atoms with Gasteiger partial charge in [-0.1, -0.05) is 18.2 Å². The lowest BCUT2D eigenvalue weighted by Gasteiger charge is -2.38. The van der Waals surface area contributed by atoms with E-state index in [1.54, 1.807) is 23.4 Å². The molecule has 0 bridgehead atoms.